The van der Waals surface area contributed by atoms with E-state index in [1.54, 1.807) is 0 Å². The van der Waals surface area contributed by atoms with E-state index in [1.807, 2.05) is 38.1 Å². The molecular weight excluding hydrogens is 236 g/mol. The third kappa shape index (κ3) is 4.78. The Labute approximate surface area is 108 Å². The summed E-state index contributed by atoms with van der Waals surface area (Å²) in [7, 11) is 0. The van der Waals surface area contributed by atoms with E-state index >= 15 is 0 Å². The maximum absolute atomic E-state index is 11.0. The van der Waals surface area contributed by atoms with Crippen molar-refractivity contribution in [1.29, 1.82) is 0 Å². The van der Waals surface area contributed by atoms with Gasteiger partial charge in [0.05, 0.1) is 5.92 Å². The van der Waals surface area contributed by atoms with Gasteiger partial charge in [-0.3, -0.25) is 4.79 Å². The fourth-order valence-electron chi connectivity index (χ4n) is 1.92. The Hall–Kier alpha value is -1.02. The van der Waals surface area contributed by atoms with Crippen molar-refractivity contribution in [3.05, 3.63) is 34.9 Å². The van der Waals surface area contributed by atoms with E-state index in [1.165, 1.54) is 5.56 Å². The standard InChI is InChI=1S/C14H19ClO2/c1-10(2)13(14(16)17)5-3-4-11-6-8-12(15)9-7-11/h6-10,13H,3-5H2,1-2H3,(H,16,17). The number of aliphatic carboxylic acids is 1. The molecule has 0 heterocycles. The molecule has 94 valence electrons. The topological polar surface area (TPSA) is 37.3 Å². The fraction of sp³-hybridized carbons (Fsp3) is 0.500. The van der Waals surface area contributed by atoms with Crippen molar-refractivity contribution in [2.45, 2.75) is 33.1 Å². The van der Waals surface area contributed by atoms with Gasteiger partial charge in [-0.2, -0.15) is 0 Å². The van der Waals surface area contributed by atoms with Crippen LogP contribution in [0.2, 0.25) is 5.02 Å². The van der Waals surface area contributed by atoms with Crippen molar-refractivity contribution in [2.24, 2.45) is 11.8 Å². The Bertz CT molecular complexity index is 357. The normalized spacial score (nSPS) is 12.7. The lowest BCUT2D eigenvalue weighted by Crippen LogP contribution is -2.19. The van der Waals surface area contributed by atoms with Gasteiger partial charge in [0, 0.05) is 5.02 Å². The predicted octanol–water partition coefficient (Wildman–Crippen LogP) is 4.02. The molecular formula is C14H19ClO2. The van der Waals surface area contributed by atoms with Crippen LogP contribution in [0.4, 0.5) is 0 Å². The van der Waals surface area contributed by atoms with Crippen LogP contribution in [-0.4, -0.2) is 11.1 Å². The van der Waals surface area contributed by atoms with E-state index in [4.69, 9.17) is 16.7 Å². The van der Waals surface area contributed by atoms with Crippen LogP contribution in [0, 0.1) is 11.8 Å². The van der Waals surface area contributed by atoms with Crippen LogP contribution in [0.5, 0.6) is 0 Å². The minimum atomic E-state index is -0.684. The molecule has 0 aromatic heterocycles. The predicted molar refractivity (Wildman–Crippen MR) is 70.4 cm³/mol. The van der Waals surface area contributed by atoms with Crippen molar-refractivity contribution in [2.75, 3.05) is 0 Å². The number of aryl methyl sites for hydroxylation is 1. The molecule has 0 spiro atoms. The minimum absolute atomic E-state index is 0.192. The Morgan fingerprint density at radius 1 is 1.29 bits per heavy atom. The second-order valence-electron chi connectivity index (χ2n) is 4.71. The van der Waals surface area contributed by atoms with E-state index in [0.29, 0.717) is 0 Å². The highest BCUT2D eigenvalue weighted by molar-refractivity contribution is 6.30. The van der Waals surface area contributed by atoms with Crippen LogP contribution >= 0.6 is 11.6 Å². The third-order valence-electron chi connectivity index (χ3n) is 3.02. The summed E-state index contributed by atoms with van der Waals surface area (Å²) in [4.78, 5) is 11.0. The van der Waals surface area contributed by atoms with E-state index in [2.05, 4.69) is 0 Å². The first-order valence-electron chi connectivity index (χ1n) is 5.98. The van der Waals surface area contributed by atoms with Crippen LogP contribution in [0.1, 0.15) is 32.3 Å². The Morgan fingerprint density at radius 3 is 2.35 bits per heavy atom. The summed E-state index contributed by atoms with van der Waals surface area (Å²) >= 11 is 5.80. The molecule has 1 unspecified atom stereocenters. The number of carboxylic acids is 1. The summed E-state index contributed by atoms with van der Waals surface area (Å²) < 4.78 is 0. The molecule has 1 aromatic rings. The van der Waals surface area contributed by atoms with Crippen molar-refractivity contribution in [3.8, 4) is 0 Å². The number of hydrogen-bond donors (Lipinski definition) is 1. The zero-order valence-electron chi connectivity index (χ0n) is 10.3. The second kappa shape index (κ2) is 6.65. The van der Waals surface area contributed by atoms with Gasteiger partial charge in [0.2, 0.25) is 0 Å². The van der Waals surface area contributed by atoms with E-state index in [-0.39, 0.29) is 11.8 Å². The van der Waals surface area contributed by atoms with Gasteiger partial charge in [-0.05, 0) is 42.9 Å². The van der Waals surface area contributed by atoms with E-state index < -0.39 is 5.97 Å². The first-order chi connectivity index (χ1) is 8.00. The van der Waals surface area contributed by atoms with Crippen molar-refractivity contribution in [3.63, 3.8) is 0 Å². The average Bonchev–Trinajstić information content (AvgIpc) is 2.25. The molecule has 2 nitrogen and oxygen atoms in total. The quantitative estimate of drug-likeness (QED) is 0.833. The molecule has 0 aliphatic carbocycles. The Kier molecular flexibility index (Phi) is 5.49. The van der Waals surface area contributed by atoms with Gasteiger partial charge >= 0.3 is 5.97 Å². The van der Waals surface area contributed by atoms with E-state index in [9.17, 15) is 4.79 Å². The zero-order chi connectivity index (χ0) is 12.8. The Morgan fingerprint density at radius 2 is 1.88 bits per heavy atom. The summed E-state index contributed by atoms with van der Waals surface area (Å²) in [6, 6.07) is 7.73. The van der Waals surface area contributed by atoms with Crippen LogP contribution in [0.25, 0.3) is 0 Å². The van der Waals surface area contributed by atoms with Gasteiger partial charge in [0.1, 0.15) is 0 Å². The molecule has 0 radical (unpaired) electrons. The van der Waals surface area contributed by atoms with E-state index in [0.717, 1.165) is 24.3 Å². The maximum Gasteiger partial charge on any atom is 0.306 e. The van der Waals surface area contributed by atoms with Crippen molar-refractivity contribution in [1.82, 2.24) is 0 Å². The van der Waals surface area contributed by atoms with Crippen LogP contribution in [0.15, 0.2) is 24.3 Å². The molecule has 0 bridgehead atoms. The highest BCUT2D eigenvalue weighted by Gasteiger charge is 2.20. The highest BCUT2D eigenvalue weighted by atomic mass is 35.5. The largest absolute Gasteiger partial charge is 0.481 e. The van der Waals surface area contributed by atoms with Gasteiger partial charge in [-0.15, -0.1) is 0 Å². The molecule has 0 fully saturated rings. The number of carboxylic acid groups (broad SMARTS) is 1. The maximum atomic E-state index is 11.0. The number of benzene rings is 1. The zero-order valence-corrected chi connectivity index (χ0v) is 11.1. The third-order valence-corrected chi connectivity index (χ3v) is 3.27. The van der Waals surface area contributed by atoms with Crippen LogP contribution < -0.4 is 0 Å². The molecule has 1 rings (SSSR count). The number of hydrogen-bond acceptors (Lipinski definition) is 1. The smallest absolute Gasteiger partial charge is 0.306 e. The lowest BCUT2D eigenvalue weighted by atomic mass is 9.90. The number of halogens is 1. The van der Waals surface area contributed by atoms with Crippen LogP contribution in [-0.2, 0) is 11.2 Å². The lowest BCUT2D eigenvalue weighted by Gasteiger charge is -2.15. The SMILES string of the molecule is CC(C)C(CCCc1ccc(Cl)cc1)C(=O)O. The summed E-state index contributed by atoms with van der Waals surface area (Å²) in [6.07, 6.45) is 2.54. The van der Waals surface area contributed by atoms with Gasteiger partial charge in [-0.25, -0.2) is 0 Å². The highest BCUT2D eigenvalue weighted by Crippen LogP contribution is 2.19. The summed E-state index contributed by atoms with van der Waals surface area (Å²) in [5.41, 5.74) is 1.21. The second-order valence-corrected chi connectivity index (χ2v) is 5.14. The van der Waals surface area contributed by atoms with Crippen molar-refractivity contribution >= 4 is 17.6 Å². The molecule has 0 amide bonds. The van der Waals surface area contributed by atoms with Gasteiger partial charge in [0.15, 0.2) is 0 Å². The number of rotatable bonds is 6. The first-order valence-corrected chi connectivity index (χ1v) is 6.35. The molecule has 0 saturated heterocycles. The molecule has 3 heteroatoms. The minimum Gasteiger partial charge on any atom is -0.481 e. The van der Waals surface area contributed by atoms with Gasteiger partial charge < -0.3 is 5.11 Å². The molecule has 1 aromatic carbocycles. The molecule has 0 saturated carbocycles. The summed E-state index contributed by atoms with van der Waals surface area (Å²) in [5.74, 6) is -0.726. The summed E-state index contributed by atoms with van der Waals surface area (Å²) in [5, 5.41) is 9.80. The summed E-state index contributed by atoms with van der Waals surface area (Å²) in [6.45, 7) is 3.92. The fourth-order valence-corrected chi connectivity index (χ4v) is 2.05. The molecule has 1 atom stereocenters. The molecule has 17 heavy (non-hydrogen) atoms. The Balaban J connectivity index is 2.41. The average molecular weight is 255 g/mol. The number of carbonyl (C=O) groups is 1. The lowest BCUT2D eigenvalue weighted by molar-refractivity contribution is -0.143. The monoisotopic (exact) mass is 254 g/mol. The van der Waals surface area contributed by atoms with Gasteiger partial charge in [-0.1, -0.05) is 37.6 Å². The van der Waals surface area contributed by atoms with Crippen molar-refractivity contribution < 1.29 is 9.90 Å². The molecule has 0 aliphatic heterocycles. The first kappa shape index (κ1) is 14.0. The van der Waals surface area contributed by atoms with Gasteiger partial charge in [0.25, 0.3) is 0 Å². The molecule has 1 N–H and O–H groups in total. The molecule has 0 aliphatic rings. The van der Waals surface area contributed by atoms with Crippen LogP contribution in [0.3, 0.4) is 0 Å².